The number of hydrogen-bond donors (Lipinski definition) is 7. The van der Waals surface area contributed by atoms with Crippen molar-refractivity contribution in [1.82, 2.24) is 0 Å². The van der Waals surface area contributed by atoms with Crippen LogP contribution in [0.25, 0.3) is 0 Å². The van der Waals surface area contributed by atoms with Crippen molar-refractivity contribution in [3.05, 3.63) is 36.5 Å². The summed E-state index contributed by atoms with van der Waals surface area (Å²) in [7, 11) is 0. The normalized spacial score (nSPS) is 12.4. The van der Waals surface area contributed by atoms with E-state index in [-0.39, 0.29) is 6.29 Å². The van der Waals surface area contributed by atoms with Gasteiger partial charge in [0.25, 0.3) is 0 Å². The fraction of sp³-hybridized carbons (Fsp3) is 0.831. The molecule has 70 heavy (non-hydrogen) atoms. The quantitative estimate of drug-likeness (QED) is 0.0173. The predicted molar refractivity (Wildman–Crippen MR) is 292 cm³/mol. The van der Waals surface area contributed by atoms with Crippen LogP contribution in [0.5, 0.6) is 0 Å². The molecular formula is C59H112O11. The molecule has 0 aromatic heterocycles. The van der Waals surface area contributed by atoms with Crippen LogP contribution in [0, 0.1) is 0 Å². The second kappa shape index (κ2) is 66.1. The molecule has 0 aromatic carbocycles. The largest absolute Gasteiger partial charge is 0.481 e. The molecule has 0 fully saturated rings. The lowest BCUT2D eigenvalue weighted by molar-refractivity contribution is -0.138. The summed E-state index contributed by atoms with van der Waals surface area (Å²) >= 11 is 0. The van der Waals surface area contributed by atoms with Crippen LogP contribution in [0.4, 0.5) is 0 Å². The van der Waals surface area contributed by atoms with E-state index in [0.717, 1.165) is 38.5 Å². The molecule has 414 valence electrons. The van der Waals surface area contributed by atoms with Crippen LogP contribution in [0.2, 0.25) is 0 Å². The zero-order valence-corrected chi connectivity index (χ0v) is 45.4. The molecule has 0 spiro atoms. The number of carbonyl (C=O) groups excluding carboxylic acids is 1. The number of aliphatic hydroxyl groups is 4. The lowest BCUT2D eigenvalue weighted by Gasteiger charge is -2.16. The molecule has 0 aliphatic heterocycles. The van der Waals surface area contributed by atoms with E-state index < -0.39 is 42.8 Å². The molecule has 0 radical (unpaired) electrons. The summed E-state index contributed by atoms with van der Waals surface area (Å²) < 4.78 is 0. The average Bonchev–Trinajstić information content (AvgIpc) is 3.34. The summed E-state index contributed by atoms with van der Waals surface area (Å²) in [5, 5.41) is 59.6. The van der Waals surface area contributed by atoms with Crippen molar-refractivity contribution >= 4 is 24.2 Å². The number of unbranched alkanes of at least 4 members (excludes halogenated alkanes) is 33. The number of aldehydes is 1. The first-order chi connectivity index (χ1) is 33.9. The third kappa shape index (κ3) is 74.1. The zero-order chi connectivity index (χ0) is 52.8. The molecule has 11 nitrogen and oxygen atoms in total. The van der Waals surface area contributed by atoms with Gasteiger partial charge in [0.2, 0.25) is 0 Å². The molecule has 7 N–H and O–H groups in total. The Bertz CT molecular complexity index is 1040. The second-order valence-corrected chi connectivity index (χ2v) is 19.1. The predicted octanol–water partition coefficient (Wildman–Crippen LogP) is 15.6. The summed E-state index contributed by atoms with van der Waals surface area (Å²) in [5.41, 5.74) is 0. The van der Waals surface area contributed by atoms with Crippen LogP contribution in [0.15, 0.2) is 36.5 Å². The standard InChI is InChI=1S/3C18H34O2.C5H10O5/c3*1-2-3-4-5-6-7-8-9-10-11-12-13-14-15-16-17-18(19)20;6-1-3(8)5(10)4(9)2-7/h3*9-10H,2-8,11-17H2,1H3,(H,19,20);1,3-5,7-10H,2H2/t;;;3-,4+,5+/m...0/s1. The van der Waals surface area contributed by atoms with Gasteiger partial charge in [-0.25, -0.2) is 0 Å². The van der Waals surface area contributed by atoms with Crippen LogP contribution in [-0.2, 0) is 19.2 Å². The van der Waals surface area contributed by atoms with E-state index in [2.05, 4.69) is 57.2 Å². The van der Waals surface area contributed by atoms with Crippen molar-refractivity contribution in [1.29, 1.82) is 0 Å². The molecule has 0 aliphatic rings. The van der Waals surface area contributed by atoms with Gasteiger partial charge < -0.3 is 40.5 Å². The number of carboxylic acids is 3. The minimum Gasteiger partial charge on any atom is -0.481 e. The van der Waals surface area contributed by atoms with Gasteiger partial charge in [-0.05, 0) is 96.3 Å². The molecule has 0 heterocycles. The van der Waals surface area contributed by atoms with Crippen LogP contribution in [-0.4, -0.2) is 84.9 Å². The van der Waals surface area contributed by atoms with Gasteiger partial charge in [0.1, 0.15) is 18.3 Å². The molecule has 11 heteroatoms. The van der Waals surface area contributed by atoms with Gasteiger partial charge in [-0.3, -0.25) is 14.4 Å². The molecule has 0 unspecified atom stereocenters. The lowest BCUT2D eigenvalue weighted by atomic mass is 10.1. The van der Waals surface area contributed by atoms with E-state index in [0.29, 0.717) is 19.3 Å². The van der Waals surface area contributed by atoms with E-state index in [1.54, 1.807) is 0 Å². The van der Waals surface area contributed by atoms with E-state index in [1.807, 2.05) is 0 Å². The highest BCUT2D eigenvalue weighted by Gasteiger charge is 2.23. The number of carboxylic acid groups (broad SMARTS) is 3. The molecule has 0 aliphatic carbocycles. The van der Waals surface area contributed by atoms with Crippen molar-refractivity contribution in [2.75, 3.05) is 6.61 Å². The topological polar surface area (TPSA) is 210 Å². The summed E-state index contributed by atoms with van der Waals surface area (Å²) in [4.78, 5) is 40.7. The van der Waals surface area contributed by atoms with Crippen molar-refractivity contribution in [2.45, 2.75) is 309 Å². The van der Waals surface area contributed by atoms with Crippen LogP contribution in [0.1, 0.15) is 290 Å². The van der Waals surface area contributed by atoms with Gasteiger partial charge in [0, 0.05) is 19.3 Å². The first-order valence-corrected chi connectivity index (χ1v) is 28.6. The average molecular weight is 998 g/mol. The van der Waals surface area contributed by atoms with Crippen molar-refractivity contribution < 1.29 is 54.9 Å². The Morgan fingerprint density at radius 2 is 0.543 bits per heavy atom. The molecule has 0 aromatic rings. The first kappa shape index (κ1) is 73.7. The maximum absolute atomic E-state index is 10.3. The monoisotopic (exact) mass is 997 g/mol. The molecule has 0 bridgehead atoms. The highest BCUT2D eigenvalue weighted by Crippen LogP contribution is 2.13. The van der Waals surface area contributed by atoms with Gasteiger partial charge in [0.05, 0.1) is 6.61 Å². The third-order valence-electron chi connectivity index (χ3n) is 12.0. The van der Waals surface area contributed by atoms with E-state index in [1.165, 1.54) is 212 Å². The first-order valence-electron chi connectivity index (χ1n) is 28.6. The van der Waals surface area contributed by atoms with Gasteiger partial charge >= 0.3 is 17.9 Å². The Balaban J connectivity index is -0.000000426. The highest BCUT2D eigenvalue weighted by atomic mass is 16.4. The van der Waals surface area contributed by atoms with Gasteiger partial charge in [-0.15, -0.1) is 0 Å². The third-order valence-corrected chi connectivity index (χ3v) is 12.0. The molecule has 0 rings (SSSR count). The summed E-state index contributed by atoms with van der Waals surface area (Å²) in [6, 6.07) is 0. The maximum Gasteiger partial charge on any atom is 0.303 e. The van der Waals surface area contributed by atoms with Crippen molar-refractivity contribution in [2.24, 2.45) is 0 Å². The van der Waals surface area contributed by atoms with E-state index >= 15 is 0 Å². The molecule has 0 saturated carbocycles. The van der Waals surface area contributed by atoms with Crippen LogP contribution < -0.4 is 0 Å². The number of rotatable bonds is 49. The fourth-order valence-corrected chi connectivity index (χ4v) is 7.46. The zero-order valence-electron chi connectivity index (χ0n) is 45.4. The Hall–Kier alpha value is -2.86. The maximum atomic E-state index is 10.3. The number of carbonyl (C=O) groups is 4. The van der Waals surface area contributed by atoms with Gasteiger partial charge in [0.15, 0.2) is 6.29 Å². The lowest BCUT2D eigenvalue weighted by Crippen LogP contribution is -2.40. The molecule has 0 saturated heterocycles. The van der Waals surface area contributed by atoms with Crippen molar-refractivity contribution in [3.63, 3.8) is 0 Å². The van der Waals surface area contributed by atoms with Crippen molar-refractivity contribution in [3.8, 4) is 0 Å². The number of allylic oxidation sites excluding steroid dienone is 6. The summed E-state index contributed by atoms with van der Waals surface area (Å²) in [5.74, 6) is -1.99. The minimum absolute atomic E-state index is 0.0869. The number of aliphatic carboxylic acids is 3. The van der Waals surface area contributed by atoms with E-state index in [4.69, 9.17) is 35.7 Å². The summed E-state index contributed by atoms with van der Waals surface area (Å²) in [6.45, 7) is 6.09. The summed E-state index contributed by atoms with van der Waals surface area (Å²) in [6.07, 6.45) is 59.1. The minimum atomic E-state index is -1.64. The fourth-order valence-electron chi connectivity index (χ4n) is 7.46. The second-order valence-electron chi connectivity index (χ2n) is 19.1. The smallest absolute Gasteiger partial charge is 0.303 e. The van der Waals surface area contributed by atoms with Gasteiger partial charge in [-0.1, -0.05) is 211 Å². The Kier molecular flexibility index (Phi) is 69.6. The Labute approximate surface area is 429 Å². The van der Waals surface area contributed by atoms with E-state index in [9.17, 15) is 19.2 Å². The highest BCUT2D eigenvalue weighted by molar-refractivity contribution is 5.67. The van der Waals surface area contributed by atoms with Crippen LogP contribution in [0.3, 0.4) is 0 Å². The molecular weight excluding hydrogens is 885 g/mol. The molecule has 0 amide bonds. The van der Waals surface area contributed by atoms with Gasteiger partial charge in [-0.2, -0.15) is 0 Å². The Morgan fingerprint density at radius 3 is 0.729 bits per heavy atom. The number of aliphatic hydroxyl groups excluding tert-OH is 4. The SMILES string of the molecule is CCCCCCCCC=CCCCCCCCC(=O)O.CCCCCCCCC=CCCCCCCCC(=O)O.CCCCCCCCC=CCCCCCCCC(=O)O.O=C[C@H](O)[C@@H](O)[C@H](O)CO. The van der Waals surface area contributed by atoms with Crippen LogP contribution >= 0.6 is 0 Å². The molecule has 3 atom stereocenters. The number of hydrogen-bond acceptors (Lipinski definition) is 8. The Morgan fingerprint density at radius 1 is 0.343 bits per heavy atom.